The molecule has 0 radical (unpaired) electrons. The van der Waals surface area contributed by atoms with Gasteiger partial charge >= 0.3 is 0 Å². The Hall–Kier alpha value is -2.43. The molecule has 1 amide bonds. The van der Waals surface area contributed by atoms with E-state index >= 15 is 0 Å². The Morgan fingerprint density at radius 3 is 2.59 bits per heavy atom. The van der Waals surface area contributed by atoms with E-state index in [9.17, 15) is 4.79 Å². The van der Waals surface area contributed by atoms with E-state index in [2.05, 4.69) is 48.3 Å². The second kappa shape index (κ2) is 9.21. The fraction of sp³-hybridized carbons (Fsp3) is 0.407. The van der Waals surface area contributed by atoms with Crippen molar-refractivity contribution in [2.75, 3.05) is 19.7 Å². The Labute approximate surface area is 194 Å². The number of hydrogen-bond donors (Lipinski definition) is 0. The third-order valence-corrected chi connectivity index (χ3v) is 7.61. The lowest BCUT2D eigenvalue weighted by Crippen LogP contribution is -2.44. The summed E-state index contributed by atoms with van der Waals surface area (Å²) in [5, 5.41) is 1.75. The molecular formula is C27H29ClN2O2. The van der Waals surface area contributed by atoms with E-state index in [1.807, 2.05) is 17.0 Å². The minimum absolute atomic E-state index is 0.194. The van der Waals surface area contributed by atoms with E-state index in [0.29, 0.717) is 16.9 Å². The molecule has 0 N–H and O–H groups in total. The number of piperidine rings is 1. The minimum atomic E-state index is -0.200. The second-order valence-electron chi connectivity index (χ2n) is 9.08. The number of amides is 1. The molecule has 3 aromatic rings. The number of carbonyl (C=O) groups is 1. The lowest BCUT2D eigenvalue weighted by molar-refractivity contribution is -0.142. The maximum Gasteiger partial charge on any atom is 0.251 e. The Morgan fingerprint density at radius 2 is 1.88 bits per heavy atom. The number of ether oxygens (including phenoxy) is 1. The Morgan fingerprint density at radius 1 is 1.09 bits per heavy atom. The van der Waals surface area contributed by atoms with E-state index in [1.165, 1.54) is 5.56 Å². The van der Waals surface area contributed by atoms with E-state index < -0.39 is 0 Å². The van der Waals surface area contributed by atoms with Gasteiger partial charge in [-0.2, -0.15) is 0 Å². The van der Waals surface area contributed by atoms with Crippen molar-refractivity contribution in [1.29, 1.82) is 0 Å². The molecule has 2 saturated heterocycles. The molecule has 4 nitrogen and oxygen atoms in total. The van der Waals surface area contributed by atoms with Crippen LogP contribution in [0.1, 0.15) is 44.1 Å². The first kappa shape index (κ1) is 21.4. The summed E-state index contributed by atoms with van der Waals surface area (Å²) in [5.74, 6) is 1.24. The molecule has 32 heavy (non-hydrogen) atoms. The van der Waals surface area contributed by atoms with Crippen molar-refractivity contribution < 1.29 is 9.53 Å². The highest BCUT2D eigenvalue weighted by Crippen LogP contribution is 2.36. The molecule has 3 heterocycles. The summed E-state index contributed by atoms with van der Waals surface area (Å²) in [6.45, 7) is 4.71. The zero-order valence-electron chi connectivity index (χ0n) is 18.5. The van der Waals surface area contributed by atoms with Gasteiger partial charge in [0.25, 0.3) is 5.91 Å². The van der Waals surface area contributed by atoms with Crippen LogP contribution in [0.25, 0.3) is 22.0 Å². The molecule has 2 aliphatic heterocycles. The van der Waals surface area contributed by atoms with E-state index in [-0.39, 0.29) is 12.0 Å². The lowest BCUT2D eigenvalue weighted by Gasteiger charge is -2.36. The summed E-state index contributed by atoms with van der Waals surface area (Å²) in [4.78, 5) is 19.1. The fourth-order valence-electron chi connectivity index (χ4n) is 5.17. The zero-order valence-corrected chi connectivity index (χ0v) is 19.2. The van der Waals surface area contributed by atoms with Gasteiger partial charge in [0, 0.05) is 36.8 Å². The SMILES string of the molecule is CC(c1ccc(-c2ccc3cccnc3c2Cl)cc1)C1CCN(C(=O)[C@H]2CCCO2)CC1. The molecule has 1 unspecified atom stereocenters. The van der Waals surface area contributed by atoms with Gasteiger partial charge in [-0.15, -0.1) is 0 Å². The number of nitrogens with zero attached hydrogens (tertiary/aromatic N) is 2. The van der Waals surface area contributed by atoms with E-state index in [0.717, 1.165) is 67.4 Å². The van der Waals surface area contributed by atoms with Gasteiger partial charge in [-0.25, -0.2) is 0 Å². The number of hydrogen-bond acceptors (Lipinski definition) is 3. The summed E-state index contributed by atoms with van der Waals surface area (Å²) < 4.78 is 5.59. The number of benzene rings is 2. The van der Waals surface area contributed by atoms with E-state index in [1.54, 1.807) is 6.20 Å². The number of likely N-dealkylation sites (tertiary alicyclic amines) is 1. The molecule has 0 spiro atoms. The van der Waals surface area contributed by atoms with Gasteiger partial charge in [-0.05, 0) is 54.7 Å². The van der Waals surface area contributed by atoms with Crippen LogP contribution < -0.4 is 0 Å². The molecule has 2 fully saturated rings. The van der Waals surface area contributed by atoms with Crippen LogP contribution in [0.15, 0.2) is 54.7 Å². The summed E-state index contributed by atoms with van der Waals surface area (Å²) in [5.41, 5.74) is 4.30. The van der Waals surface area contributed by atoms with Crippen molar-refractivity contribution >= 4 is 28.4 Å². The molecule has 2 atom stereocenters. The number of pyridine rings is 1. The first-order valence-electron chi connectivity index (χ1n) is 11.7. The summed E-state index contributed by atoms with van der Waals surface area (Å²) in [6, 6.07) is 16.9. The van der Waals surface area contributed by atoms with Gasteiger partial charge in [0.2, 0.25) is 0 Å². The predicted molar refractivity (Wildman–Crippen MR) is 129 cm³/mol. The smallest absolute Gasteiger partial charge is 0.251 e. The number of fused-ring (bicyclic) bond motifs is 1. The van der Waals surface area contributed by atoms with Crippen LogP contribution in [0.4, 0.5) is 0 Å². The normalized spacial score (nSPS) is 20.6. The molecule has 5 rings (SSSR count). The molecule has 5 heteroatoms. The number of halogens is 1. The lowest BCUT2D eigenvalue weighted by atomic mass is 9.81. The van der Waals surface area contributed by atoms with Gasteiger partial charge in [0.1, 0.15) is 6.10 Å². The maximum absolute atomic E-state index is 12.6. The number of carbonyl (C=O) groups excluding carboxylic acids is 1. The second-order valence-corrected chi connectivity index (χ2v) is 9.46. The summed E-state index contributed by atoms with van der Waals surface area (Å²) in [6.07, 6.45) is 5.54. The number of rotatable bonds is 4. The van der Waals surface area contributed by atoms with E-state index in [4.69, 9.17) is 16.3 Å². The Balaban J connectivity index is 1.25. The van der Waals surface area contributed by atoms with Gasteiger partial charge in [-0.1, -0.05) is 61.0 Å². The molecule has 0 aliphatic carbocycles. The van der Waals surface area contributed by atoms with Gasteiger partial charge < -0.3 is 9.64 Å². The quantitative estimate of drug-likeness (QED) is 0.486. The molecule has 0 saturated carbocycles. The third kappa shape index (κ3) is 4.14. The summed E-state index contributed by atoms with van der Waals surface area (Å²) >= 11 is 6.68. The molecule has 0 bridgehead atoms. The Bertz CT molecular complexity index is 1100. The van der Waals surface area contributed by atoms with Gasteiger partial charge in [0.15, 0.2) is 0 Å². The van der Waals surface area contributed by atoms with Crippen LogP contribution in [0, 0.1) is 5.92 Å². The Kier molecular flexibility index (Phi) is 6.16. The molecule has 2 aromatic carbocycles. The topological polar surface area (TPSA) is 42.4 Å². The first-order chi connectivity index (χ1) is 15.6. The average molecular weight is 449 g/mol. The van der Waals surface area contributed by atoms with Crippen LogP contribution in [0.2, 0.25) is 5.02 Å². The van der Waals surface area contributed by atoms with Crippen molar-refractivity contribution in [3.05, 3.63) is 65.3 Å². The highest BCUT2D eigenvalue weighted by molar-refractivity contribution is 6.37. The highest BCUT2D eigenvalue weighted by atomic mass is 35.5. The molecule has 1 aromatic heterocycles. The van der Waals surface area contributed by atoms with Gasteiger partial charge in [0.05, 0.1) is 10.5 Å². The van der Waals surface area contributed by atoms with Crippen LogP contribution in [0.3, 0.4) is 0 Å². The van der Waals surface area contributed by atoms with Crippen molar-refractivity contribution in [2.45, 2.75) is 44.6 Å². The maximum atomic E-state index is 12.6. The molecule has 2 aliphatic rings. The third-order valence-electron chi connectivity index (χ3n) is 7.22. The standard InChI is InChI=1S/C27H29ClN2O2/c1-18(20-12-15-30(16-13-20)27(31)24-5-3-17-32-24)19-6-8-21(9-7-19)23-11-10-22-4-2-14-29-26(22)25(23)28/h2,4,6-11,14,18,20,24H,3,5,12-13,15-17H2,1H3/t18?,24-/m1/s1. The van der Waals surface area contributed by atoms with Crippen LogP contribution in [0.5, 0.6) is 0 Å². The van der Waals surface area contributed by atoms with Crippen LogP contribution >= 0.6 is 11.6 Å². The number of aromatic nitrogens is 1. The zero-order chi connectivity index (χ0) is 22.1. The monoisotopic (exact) mass is 448 g/mol. The van der Waals surface area contributed by atoms with Crippen molar-refractivity contribution in [1.82, 2.24) is 9.88 Å². The van der Waals surface area contributed by atoms with Crippen molar-refractivity contribution in [3.8, 4) is 11.1 Å². The predicted octanol–water partition coefficient (Wildman–Crippen LogP) is 6.08. The molecular weight excluding hydrogens is 420 g/mol. The first-order valence-corrected chi connectivity index (χ1v) is 12.0. The largest absolute Gasteiger partial charge is 0.368 e. The van der Waals surface area contributed by atoms with Gasteiger partial charge in [-0.3, -0.25) is 9.78 Å². The minimum Gasteiger partial charge on any atom is -0.368 e. The van der Waals surface area contributed by atoms with Crippen LogP contribution in [-0.4, -0.2) is 41.6 Å². The van der Waals surface area contributed by atoms with Crippen molar-refractivity contribution in [3.63, 3.8) is 0 Å². The van der Waals surface area contributed by atoms with Crippen molar-refractivity contribution in [2.24, 2.45) is 5.92 Å². The fourth-order valence-corrected chi connectivity index (χ4v) is 5.50. The highest BCUT2D eigenvalue weighted by Gasteiger charge is 2.32. The van der Waals surface area contributed by atoms with Crippen LogP contribution in [-0.2, 0) is 9.53 Å². The average Bonchev–Trinajstić information content (AvgIpc) is 3.39. The molecule has 166 valence electrons. The summed E-state index contributed by atoms with van der Waals surface area (Å²) in [7, 11) is 0.